The standard InChI is InChI=1S/C61H70O4S2/c1-3-5-7-9-11-13-15-23-45-61(46-24-16-14-12-10-8-6-4-2)59-47-51(31-29-49-33-39-55(40-34-49)66(62,63)53-25-19-17-20-26-53)37-43-57(59)58-44-38-52(48-60(58)61)32-30-50-35-41-56(42-36-50)67(64,65)54-27-21-18-22-28-54/h17-22,25-44,47-48H,3-16,23-24,45-46H2,1-2H3. The topological polar surface area (TPSA) is 68.3 Å². The molecular formula is C61H70O4S2. The average Bonchev–Trinajstić information content (AvgIpc) is 3.62. The molecule has 0 bridgehead atoms. The third kappa shape index (κ3) is 12.6. The lowest BCUT2D eigenvalue weighted by Gasteiger charge is -2.33. The van der Waals surface area contributed by atoms with Gasteiger partial charge in [-0.25, -0.2) is 16.8 Å². The molecule has 6 heteroatoms. The van der Waals surface area contributed by atoms with Crippen molar-refractivity contribution in [2.75, 3.05) is 0 Å². The van der Waals surface area contributed by atoms with Crippen LogP contribution in [0.15, 0.2) is 165 Å². The van der Waals surface area contributed by atoms with Crippen LogP contribution >= 0.6 is 0 Å². The summed E-state index contributed by atoms with van der Waals surface area (Å²) in [7, 11) is -7.18. The van der Waals surface area contributed by atoms with Crippen molar-refractivity contribution in [3.8, 4) is 11.1 Å². The van der Waals surface area contributed by atoms with Gasteiger partial charge in [-0.1, -0.05) is 238 Å². The number of benzene rings is 6. The van der Waals surface area contributed by atoms with Crippen LogP contribution in [0.1, 0.15) is 163 Å². The van der Waals surface area contributed by atoms with Crippen molar-refractivity contribution in [3.63, 3.8) is 0 Å². The van der Waals surface area contributed by atoms with Crippen LogP contribution in [0.5, 0.6) is 0 Å². The number of sulfone groups is 2. The molecule has 0 atom stereocenters. The summed E-state index contributed by atoms with van der Waals surface area (Å²) in [5, 5.41) is 0. The highest BCUT2D eigenvalue weighted by Gasteiger charge is 2.42. The van der Waals surface area contributed by atoms with E-state index in [9.17, 15) is 16.8 Å². The molecule has 0 fully saturated rings. The minimum absolute atomic E-state index is 0.121. The Bertz CT molecular complexity index is 2580. The maximum atomic E-state index is 13.3. The van der Waals surface area contributed by atoms with Crippen LogP contribution in [-0.4, -0.2) is 16.8 Å². The summed E-state index contributed by atoms with van der Waals surface area (Å²) >= 11 is 0. The predicted octanol–water partition coefficient (Wildman–Crippen LogP) is 17.0. The quantitative estimate of drug-likeness (QED) is 0.0401. The van der Waals surface area contributed by atoms with Crippen molar-refractivity contribution < 1.29 is 16.8 Å². The van der Waals surface area contributed by atoms with Crippen LogP contribution in [0.4, 0.5) is 0 Å². The van der Waals surface area contributed by atoms with E-state index in [1.165, 1.54) is 125 Å². The molecule has 67 heavy (non-hydrogen) atoms. The number of fused-ring (bicyclic) bond motifs is 3. The van der Waals surface area contributed by atoms with Crippen LogP contribution in [0.3, 0.4) is 0 Å². The Balaban J connectivity index is 1.18. The normalized spacial score (nSPS) is 13.3. The minimum Gasteiger partial charge on any atom is -0.219 e. The fourth-order valence-electron chi connectivity index (χ4n) is 9.90. The summed E-state index contributed by atoms with van der Waals surface area (Å²) in [5.74, 6) is 0. The van der Waals surface area contributed by atoms with Gasteiger partial charge in [0.1, 0.15) is 0 Å². The molecule has 6 aromatic rings. The first kappa shape index (κ1) is 49.6. The van der Waals surface area contributed by atoms with Gasteiger partial charge in [-0.3, -0.25) is 0 Å². The van der Waals surface area contributed by atoms with Crippen molar-refractivity contribution in [1.29, 1.82) is 0 Å². The van der Waals surface area contributed by atoms with Crippen molar-refractivity contribution >= 4 is 44.0 Å². The second-order valence-corrected chi connectivity index (χ2v) is 22.5. The Morgan fingerprint density at radius 1 is 0.343 bits per heavy atom. The lowest BCUT2D eigenvalue weighted by molar-refractivity contribution is 0.397. The van der Waals surface area contributed by atoms with E-state index >= 15 is 0 Å². The Labute approximate surface area is 403 Å². The van der Waals surface area contributed by atoms with Crippen molar-refractivity contribution in [1.82, 2.24) is 0 Å². The maximum Gasteiger partial charge on any atom is 0.206 e. The summed E-state index contributed by atoms with van der Waals surface area (Å²) < 4.78 is 53.1. The van der Waals surface area contributed by atoms with Crippen LogP contribution in [-0.2, 0) is 25.1 Å². The summed E-state index contributed by atoms with van der Waals surface area (Å²) in [6, 6.07) is 45.6. The Morgan fingerprint density at radius 3 is 1.00 bits per heavy atom. The Hall–Kier alpha value is -5.30. The van der Waals surface area contributed by atoms with E-state index in [0.717, 1.165) is 35.1 Å². The molecule has 0 N–H and O–H groups in total. The molecular weight excluding hydrogens is 861 g/mol. The van der Waals surface area contributed by atoms with E-state index in [-0.39, 0.29) is 5.41 Å². The molecule has 6 aromatic carbocycles. The number of rotatable bonds is 26. The van der Waals surface area contributed by atoms with E-state index in [1.807, 2.05) is 36.4 Å². The fourth-order valence-corrected chi connectivity index (χ4v) is 12.5. The van der Waals surface area contributed by atoms with E-state index in [2.05, 4.69) is 74.5 Å². The van der Waals surface area contributed by atoms with E-state index in [0.29, 0.717) is 19.6 Å². The lowest BCUT2D eigenvalue weighted by Crippen LogP contribution is -2.25. The molecule has 0 heterocycles. The number of hydrogen-bond donors (Lipinski definition) is 0. The SMILES string of the molecule is CCCCCCCCCCC1(CCCCCCCCCC)c2cc(C=Cc3ccc(S(=O)(=O)c4ccccc4)cc3)ccc2-c2ccc(C=Cc3ccc(S(=O)(=O)c4ccccc4)cc3)cc21. The second-order valence-electron chi connectivity index (χ2n) is 18.6. The molecule has 0 spiro atoms. The Kier molecular flexibility index (Phi) is 17.9. The van der Waals surface area contributed by atoms with Gasteiger partial charge in [0.25, 0.3) is 0 Å². The van der Waals surface area contributed by atoms with Gasteiger partial charge < -0.3 is 0 Å². The molecule has 0 aromatic heterocycles. The molecule has 0 unspecified atom stereocenters. The smallest absolute Gasteiger partial charge is 0.206 e. The summed E-state index contributed by atoms with van der Waals surface area (Å²) in [4.78, 5) is 1.18. The molecule has 350 valence electrons. The Morgan fingerprint density at radius 2 is 0.642 bits per heavy atom. The van der Waals surface area contributed by atoms with Crippen LogP contribution in [0.25, 0.3) is 35.4 Å². The van der Waals surface area contributed by atoms with Gasteiger partial charge in [0.05, 0.1) is 19.6 Å². The zero-order valence-electron chi connectivity index (χ0n) is 39.8. The second kappa shape index (κ2) is 24.1. The molecule has 0 amide bonds. The summed E-state index contributed by atoms with van der Waals surface area (Å²) in [6.07, 6.45) is 31.2. The minimum atomic E-state index is -3.59. The van der Waals surface area contributed by atoms with Gasteiger partial charge in [-0.15, -0.1) is 0 Å². The highest BCUT2D eigenvalue weighted by molar-refractivity contribution is 7.91. The first-order chi connectivity index (χ1) is 32.7. The molecule has 0 saturated heterocycles. The van der Waals surface area contributed by atoms with Crippen LogP contribution < -0.4 is 0 Å². The van der Waals surface area contributed by atoms with E-state index in [1.54, 1.807) is 72.8 Å². The molecule has 7 rings (SSSR count). The van der Waals surface area contributed by atoms with Crippen molar-refractivity contribution in [2.45, 2.75) is 154 Å². The van der Waals surface area contributed by atoms with E-state index < -0.39 is 19.7 Å². The molecule has 0 saturated carbocycles. The molecule has 1 aliphatic rings. The van der Waals surface area contributed by atoms with Crippen LogP contribution in [0, 0.1) is 0 Å². The summed E-state index contributed by atoms with van der Waals surface area (Å²) in [6.45, 7) is 4.56. The number of hydrogen-bond acceptors (Lipinski definition) is 4. The first-order valence-corrected chi connectivity index (χ1v) is 28.1. The van der Waals surface area contributed by atoms with Gasteiger partial charge in [-0.05, 0) is 106 Å². The first-order valence-electron chi connectivity index (χ1n) is 25.1. The highest BCUT2D eigenvalue weighted by Crippen LogP contribution is 2.55. The summed E-state index contributed by atoms with van der Waals surface area (Å²) in [5.41, 5.74) is 9.56. The number of unbranched alkanes of at least 4 members (excludes halogenated alkanes) is 14. The zero-order valence-corrected chi connectivity index (χ0v) is 41.5. The zero-order chi connectivity index (χ0) is 47.0. The van der Waals surface area contributed by atoms with Gasteiger partial charge in [-0.2, -0.15) is 0 Å². The van der Waals surface area contributed by atoms with Gasteiger partial charge in [0.2, 0.25) is 19.7 Å². The molecule has 0 radical (unpaired) electrons. The van der Waals surface area contributed by atoms with Crippen LogP contribution in [0.2, 0.25) is 0 Å². The third-order valence-electron chi connectivity index (χ3n) is 13.7. The van der Waals surface area contributed by atoms with E-state index in [4.69, 9.17) is 0 Å². The molecule has 1 aliphatic carbocycles. The third-order valence-corrected chi connectivity index (χ3v) is 17.3. The fraction of sp³-hybridized carbons (Fsp3) is 0.344. The molecule has 4 nitrogen and oxygen atoms in total. The highest BCUT2D eigenvalue weighted by atomic mass is 32.2. The monoisotopic (exact) mass is 930 g/mol. The van der Waals surface area contributed by atoms with Crippen molar-refractivity contribution in [3.05, 3.63) is 179 Å². The van der Waals surface area contributed by atoms with Crippen molar-refractivity contribution in [2.24, 2.45) is 0 Å². The maximum absolute atomic E-state index is 13.3. The van der Waals surface area contributed by atoms with Gasteiger partial charge in [0, 0.05) is 5.41 Å². The van der Waals surface area contributed by atoms with Gasteiger partial charge >= 0.3 is 0 Å². The lowest BCUT2D eigenvalue weighted by atomic mass is 9.70. The molecule has 0 aliphatic heterocycles. The van der Waals surface area contributed by atoms with Gasteiger partial charge in [0.15, 0.2) is 0 Å². The largest absolute Gasteiger partial charge is 0.219 e. The predicted molar refractivity (Wildman–Crippen MR) is 282 cm³/mol. The average molecular weight is 931 g/mol.